The minimum Gasteiger partial charge on any atom is -0.478 e. The van der Waals surface area contributed by atoms with Crippen molar-refractivity contribution in [1.82, 2.24) is 4.57 Å². The first-order valence-electron chi connectivity index (χ1n) is 9.86. The van der Waals surface area contributed by atoms with E-state index in [1.807, 2.05) is 6.07 Å². The van der Waals surface area contributed by atoms with Crippen molar-refractivity contribution >= 4 is 23.4 Å². The molecule has 174 valence electrons. The second-order valence-corrected chi connectivity index (χ2v) is 7.73. The molecule has 0 bridgehead atoms. The summed E-state index contributed by atoms with van der Waals surface area (Å²) in [5.74, 6) is -1.93. The van der Waals surface area contributed by atoms with Crippen LogP contribution < -0.4 is 10.3 Å². The van der Waals surface area contributed by atoms with Gasteiger partial charge in [0.05, 0.1) is 29.4 Å². The van der Waals surface area contributed by atoms with Crippen LogP contribution in [0.4, 0.5) is 8.78 Å². The molecule has 1 heterocycles. The van der Waals surface area contributed by atoms with Crippen LogP contribution in [0.2, 0.25) is 5.02 Å². The Morgan fingerprint density at radius 2 is 1.82 bits per heavy atom. The molecule has 0 fully saturated rings. The van der Waals surface area contributed by atoms with Gasteiger partial charge in [0, 0.05) is 28.6 Å². The van der Waals surface area contributed by atoms with E-state index >= 15 is 0 Å². The van der Waals surface area contributed by atoms with Gasteiger partial charge in [0.25, 0.3) is 5.56 Å². The Labute approximate surface area is 197 Å². The number of halogens is 3. The number of ether oxygens (including phenoxy) is 1. The molecular formula is C24H17ClF2N2O5. The van der Waals surface area contributed by atoms with Crippen molar-refractivity contribution in [2.75, 3.05) is 0 Å². The number of aromatic carboxylic acids is 1. The van der Waals surface area contributed by atoms with E-state index in [0.29, 0.717) is 5.56 Å². The van der Waals surface area contributed by atoms with Crippen LogP contribution in [0.15, 0.2) is 59.5 Å². The summed E-state index contributed by atoms with van der Waals surface area (Å²) >= 11 is 5.99. The first kappa shape index (κ1) is 24.6. The summed E-state index contributed by atoms with van der Waals surface area (Å²) in [6.07, 6.45) is 0.884. The minimum absolute atomic E-state index is 0.0580. The third kappa shape index (κ3) is 5.47. The Kier molecular flexibility index (Phi) is 7.44. The van der Waals surface area contributed by atoms with Crippen molar-refractivity contribution in [3.8, 4) is 22.9 Å². The fourth-order valence-corrected chi connectivity index (χ4v) is 3.51. The van der Waals surface area contributed by atoms with Crippen LogP contribution in [0.3, 0.4) is 0 Å². The Morgan fingerprint density at radius 1 is 1.15 bits per heavy atom. The van der Waals surface area contributed by atoms with Crippen molar-refractivity contribution in [1.29, 1.82) is 5.26 Å². The number of alkyl halides is 2. The molecular weight excluding hydrogens is 470 g/mol. The predicted octanol–water partition coefficient (Wildman–Crippen LogP) is 4.71. The van der Waals surface area contributed by atoms with Gasteiger partial charge in [-0.1, -0.05) is 23.7 Å². The zero-order valence-electron chi connectivity index (χ0n) is 17.7. The zero-order chi connectivity index (χ0) is 25.0. The summed E-state index contributed by atoms with van der Waals surface area (Å²) < 4.78 is 31.8. The molecule has 7 nitrogen and oxygen atoms in total. The molecule has 1 unspecified atom stereocenters. The molecule has 1 aromatic heterocycles. The molecule has 0 aliphatic rings. The second-order valence-electron chi connectivity index (χ2n) is 7.30. The van der Waals surface area contributed by atoms with Gasteiger partial charge in [0.15, 0.2) is 5.78 Å². The number of carbonyl (C=O) groups excluding carboxylic acids is 1. The summed E-state index contributed by atoms with van der Waals surface area (Å²) in [6.45, 7) is -1.80. The van der Waals surface area contributed by atoms with E-state index in [4.69, 9.17) is 16.7 Å². The van der Waals surface area contributed by atoms with Crippen LogP contribution in [0.5, 0.6) is 5.75 Å². The van der Waals surface area contributed by atoms with Gasteiger partial charge in [-0.3, -0.25) is 9.59 Å². The van der Waals surface area contributed by atoms with Crippen LogP contribution in [0.25, 0.3) is 11.1 Å². The monoisotopic (exact) mass is 486 g/mol. The quantitative estimate of drug-likeness (QED) is 0.493. The van der Waals surface area contributed by atoms with E-state index in [0.717, 1.165) is 16.8 Å². The molecule has 2 aromatic carbocycles. The van der Waals surface area contributed by atoms with Crippen LogP contribution >= 0.6 is 11.6 Å². The summed E-state index contributed by atoms with van der Waals surface area (Å²) in [7, 11) is 0. The third-order valence-corrected chi connectivity index (χ3v) is 5.35. The molecule has 0 saturated carbocycles. The number of pyridine rings is 1. The number of benzene rings is 2. The molecule has 3 rings (SSSR count). The zero-order valence-corrected chi connectivity index (χ0v) is 18.4. The number of aromatic nitrogens is 1. The molecule has 3 aromatic rings. The highest BCUT2D eigenvalue weighted by Crippen LogP contribution is 2.34. The average Bonchev–Trinajstić information content (AvgIpc) is 2.79. The molecule has 1 atom stereocenters. The number of rotatable bonds is 8. The predicted molar refractivity (Wildman–Crippen MR) is 119 cm³/mol. The number of carboxylic acids is 1. The van der Waals surface area contributed by atoms with Gasteiger partial charge >= 0.3 is 12.6 Å². The van der Waals surface area contributed by atoms with Crippen molar-refractivity contribution in [3.63, 3.8) is 0 Å². The highest BCUT2D eigenvalue weighted by molar-refractivity contribution is 6.31. The van der Waals surface area contributed by atoms with Crippen molar-refractivity contribution in [2.45, 2.75) is 26.0 Å². The lowest BCUT2D eigenvalue weighted by molar-refractivity contribution is -0.121. The normalized spacial score (nSPS) is 11.6. The Bertz CT molecular complexity index is 1350. The van der Waals surface area contributed by atoms with E-state index < -0.39 is 35.7 Å². The Morgan fingerprint density at radius 3 is 2.41 bits per heavy atom. The number of nitrogens with zero attached hydrogens (tertiary/aromatic N) is 2. The highest BCUT2D eigenvalue weighted by atomic mass is 35.5. The van der Waals surface area contributed by atoms with Crippen molar-refractivity contribution < 1.29 is 28.2 Å². The average molecular weight is 487 g/mol. The minimum atomic E-state index is -3.23. The Hall–Kier alpha value is -4.03. The molecule has 10 heteroatoms. The fourth-order valence-electron chi connectivity index (χ4n) is 3.34. The molecule has 0 aliphatic heterocycles. The maximum Gasteiger partial charge on any atom is 0.387 e. The smallest absolute Gasteiger partial charge is 0.387 e. The van der Waals surface area contributed by atoms with Crippen molar-refractivity contribution in [3.05, 3.63) is 86.8 Å². The summed E-state index contributed by atoms with van der Waals surface area (Å²) in [6, 6.07) is 11.7. The van der Waals surface area contributed by atoms with Gasteiger partial charge in [-0.15, -0.1) is 0 Å². The molecule has 0 radical (unpaired) electrons. The number of carboxylic acid groups (broad SMARTS) is 1. The number of Topliss-reactive ketones (excluding diaryl/α,β-unsaturated/α-hetero) is 1. The molecule has 1 N–H and O–H groups in total. The first-order valence-corrected chi connectivity index (χ1v) is 10.2. The number of hydrogen-bond donors (Lipinski definition) is 1. The SMILES string of the molecule is CC(C(=O)Cc1ccc(C(=O)O)cc1)n1cc(OC(F)F)c(-c2cc(Cl)ccc2C#N)cc1=O. The summed E-state index contributed by atoms with van der Waals surface area (Å²) in [5, 5.41) is 18.6. The van der Waals surface area contributed by atoms with E-state index in [2.05, 4.69) is 4.74 Å². The van der Waals surface area contributed by atoms with Crippen LogP contribution in [0.1, 0.15) is 34.5 Å². The largest absolute Gasteiger partial charge is 0.478 e. The van der Waals surface area contributed by atoms with E-state index in [1.54, 1.807) is 0 Å². The number of nitriles is 1. The summed E-state index contributed by atoms with van der Waals surface area (Å²) in [4.78, 5) is 36.6. The number of carbonyl (C=O) groups is 2. The number of hydrogen-bond acceptors (Lipinski definition) is 5. The molecule has 0 spiro atoms. The topological polar surface area (TPSA) is 109 Å². The molecule has 34 heavy (non-hydrogen) atoms. The van der Waals surface area contributed by atoms with Crippen LogP contribution in [0, 0.1) is 11.3 Å². The lowest BCUT2D eigenvalue weighted by Gasteiger charge is -2.18. The fraction of sp³-hybridized carbons (Fsp3) is 0.167. The number of ketones is 1. The van der Waals surface area contributed by atoms with Crippen molar-refractivity contribution in [2.24, 2.45) is 0 Å². The second kappa shape index (κ2) is 10.3. The standard InChI is InChI=1S/C24H17ClF2N2O5/c1-13(20(30)8-14-2-4-15(5-3-14)23(32)33)29-12-21(34-24(26)27)19(10-22(29)31)18-9-17(25)7-6-16(18)11-28/h2-7,9-10,12-13,24H,8H2,1H3,(H,32,33). The molecule has 0 amide bonds. The molecule has 0 saturated heterocycles. The first-order chi connectivity index (χ1) is 16.1. The van der Waals surface area contributed by atoms with E-state index in [9.17, 15) is 28.4 Å². The van der Waals surface area contributed by atoms with Gasteiger partial charge in [-0.05, 0) is 42.8 Å². The van der Waals surface area contributed by atoms with Gasteiger partial charge < -0.3 is 14.4 Å². The van der Waals surface area contributed by atoms with Gasteiger partial charge in [-0.25, -0.2) is 4.79 Å². The highest BCUT2D eigenvalue weighted by Gasteiger charge is 2.22. The summed E-state index contributed by atoms with van der Waals surface area (Å²) in [5.41, 5.74) is 0.0600. The van der Waals surface area contributed by atoms with Gasteiger partial charge in [-0.2, -0.15) is 14.0 Å². The lowest BCUT2D eigenvalue weighted by Crippen LogP contribution is -2.29. The van der Waals surface area contributed by atoms with Gasteiger partial charge in [0.2, 0.25) is 0 Å². The maximum atomic E-state index is 13.1. The van der Waals surface area contributed by atoms with Crippen LogP contribution in [-0.4, -0.2) is 28.0 Å². The molecule has 0 aliphatic carbocycles. The maximum absolute atomic E-state index is 13.1. The lowest BCUT2D eigenvalue weighted by atomic mass is 9.99. The Balaban J connectivity index is 1.99. The van der Waals surface area contributed by atoms with Crippen LogP contribution in [-0.2, 0) is 11.2 Å². The van der Waals surface area contributed by atoms with Gasteiger partial charge in [0.1, 0.15) is 5.75 Å². The van der Waals surface area contributed by atoms with E-state index in [-0.39, 0.29) is 33.7 Å². The third-order valence-electron chi connectivity index (χ3n) is 5.11. The van der Waals surface area contributed by atoms with E-state index in [1.165, 1.54) is 49.4 Å².